The maximum Gasteiger partial charge on any atom is 0.311 e. The van der Waals surface area contributed by atoms with Crippen LogP contribution in [0.15, 0.2) is 41.1 Å². The van der Waals surface area contributed by atoms with Crippen LogP contribution in [0, 0.1) is 15.9 Å². The van der Waals surface area contributed by atoms with E-state index in [1.165, 1.54) is 24.5 Å². The predicted molar refractivity (Wildman–Crippen MR) is 77.0 cm³/mol. The number of nitrogens with one attached hydrogen (secondary N) is 1. The lowest BCUT2D eigenvalue weighted by molar-refractivity contribution is -0.384. The zero-order valence-electron chi connectivity index (χ0n) is 10.5. The molecule has 1 atom stereocenters. The zero-order chi connectivity index (χ0) is 14.7. The number of halogens is 2. The fourth-order valence-corrected chi connectivity index (χ4v) is 2.19. The second kappa shape index (κ2) is 5.96. The maximum absolute atomic E-state index is 12.9. The Morgan fingerprint density at radius 3 is 2.60 bits per heavy atom. The van der Waals surface area contributed by atoms with E-state index in [0.717, 1.165) is 5.56 Å². The Labute approximate surface area is 123 Å². The van der Waals surface area contributed by atoms with Crippen molar-refractivity contribution in [2.24, 2.45) is 0 Å². The van der Waals surface area contributed by atoms with Crippen molar-refractivity contribution >= 4 is 27.3 Å². The van der Waals surface area contributed by atoms with Crippen LogP contribution in [0.5, 0.6) is 0 Å². The number of pyridine rings is 1. The molecule has 104 valence electrons. The SMILES string of the molecule is CC(Nc1c(Br)cncc1[N+](=O)[O-])c1ccc(F)cc1. The Balaban J connectivity index is 2.30. The molecule has 1 aromatic carbocycles. The van der Waals surface area contributed by atoms with E-state index in [1.54, 1.807) is 12.1 Å². The molecule has 1 N–H and O–H groups in total. The minimum absolute atomic E-state index is 0.117. The Bertz CT molecular complexity index is 634. The van der Waals surface area contributed by atoms with Gasteiger partial charge in [0.1, 0.15) is 17.7 Å². The van der Waals surface area contributed by atoms with Crippen molar-refractivity contribution in [1.82, 2.24) is 4.98 Å². The molecule has 1 unspecified atom stereocenters. The summed E-state index contributed by atoms with van der Waals surface area (Å²) in [5, 5.41) is 14.0. The third-order valence-corrected chi connectivity index (χ3v) is 3.41. The number of hydrogen-bond donors (Lipinski definition) is 1. The van der Waals surface area contributed by atoms with E-state index in [-0.39, 0.29) is 17.5 Å². The van der Waals surface area contributed by atoms with Crippen LogP contribution in [-0.2, 0) is 0 Å². The summed E-state index contributed by atoms with van der Waals surface area (Å²) in [6, 6.07) is 5.75. The maximum atomic E-state index is 12.9. The van der Waals surface area contributed by atoms with Crippen molar-refractivity contribution in [2.45, 2.75) is 13.0 Å². The van der Waals surface area contributed by atoms with Crippen molar-refractivity contribution in [3.8, 4) is 0 Å². The molecule has 1 heterocycles. The van der Waals surface area contributed by atoms with Gasteiger partial charge in [0.15, 0.2) is 0 Å². The van der Waals surface area contributed by atoms with Gasteiger partial charge in [-0.25, -0.2) is 4.39 Å². The average molecular weight is 340 g/mol. The van der Waals surface area contributed by atoms with Crippen LogP contribution in [0.2, 0.25) is 0 Å². The summed E-state index contributed by atoms with van der Waals surface area (Å²) < 4.78 is 13.4. The summed E-state index contributed by atoms with van der Waals surface area (Å²) in [5.41, 5.74) is 1.06. The highest BCUT2D eigenvalue weighted by Crippen LogP contribution is 2.33. The highest BCUT2D eigenvalue weighted by atomic mass is 79.9. The lowest BCUT2D eigenvalue weighted by Gasteiger charge is -2.16. The number of aromatic nitrogens is 1. The molecule has 0 amide bonds. The summed E-state index contributed by atoms with van der Waals surface area (Å²) in [7, 11) is 0. The molecule has 0 aliphatic rings. The summed E-state index contributed by atoms with van der Waals surface area (Å²) in [4.78, 5) is 14.3. The number of benzene rings is 1. The smallest absolute Gasteiger partial charge is 0.311 e. The molecule has 0 aliphatic heterocycles. The molecule has 0 aliphatic carbocycles. The number of nitrogens with zero attached hydrogens (tertiary/aromatic N) is 2. The van der Waals surface area contributed by atoms with Gasteiger partial charge in [0.05, 0.1) is 9.40 Å². The van der Waals surface area contributed by atoms with Crippen LogP contribution in [-0.4, -0.2) is 9.91 Å². The normalized spacial score (nSPS) is 11.9. The molecule has 0 bridgehead atoms. The number of anilines is 1. The Morgan fingerprint density at radius 2 is 2.00 bits per heavy atom. The first-order valence-electron chi connectivity index (χ1n) is 5.79. The van der Waals surface area contributed by atoms with Crippen LogP contribution in [0.25, 0.3) is 0 Å². The molecule has 1 aromatic heterocycles. The van der Waals surface area contributed by atoms with Gasteiger partial charge < -0.3 is 5.32 Å². The van der Waals surface area contributed by atoms with Crippen LogP contribution in [0.1, 0.15) is 18.5 Å². The molecule has 0 fully saturated rings. The van der Waals surface area contributed by atoms with Crippen molar-refractivity contribution in [3.63, 3.8) is 0 Å². The Hall–Kier alpha value is -2.02. The van der Waals surface area contributed by atoms with Gasteiger partial charge in [-0.1, -0.05) is 12.1 Å². The Morgan fingerprint density at radius 1 is 1.35 bits per heavy atom. The molecule has 7 heteroatoms. The first-order chi connectivity index (χ1) is 9.49. The fourth-order valence-electron chi connectivity index (χ4n) is 1.76. The molecule has 2 aromatic rings. The van der Waals surface area contributed by atoms with E-state index >= 15 is 0 Å². The van der Waals surface area contributed by atoms with Gasteiger partial charge in [-0.2, -0.15) is 0 Å². The lowest BCUT2D eigenvalue weighted by atomic mass is 10.1. The standard InChI is InChI=1S/C13H11BrFN3O2/c1-8(9-2-4-10(15)5-3-9)17-13-11(14)6-16-7-12(13)18(19)20/h2-8H,1H3,(H,16,17). The highest BCUT2D eigenvalue weighted by Gasteiger charge is 2.19. The van der Waals surface area contributed by atoms with Crippen LogP contribution in [0.4, 0.5) is 15.8 Å². The second-order valence-corrected chi connectivity index (χ2v) is 5.04. The topological polar surface area (TPSA) is 68.1 Å². The first kappa shape index (κ1) is 14.4. The van der Waals surface area contributed by atoms with Gasteiger partial charge in [0, 0.05) is 12.2 Å². The minimum atomic E-state index is -0.503. The molecular weight excluding hydrogens is 329 g/mol. The molecule has 0 spiro atoms. The van der Waals surface area contributed by atoms with E-state index in [9.17, 15) is 14.5 Å². The van der Waals surface area contributed by atoms with Gasteiger partial charge in [-0.05, 0) is 40.5 Å². The highest BCUT2D eigenvalue weighted by molar-refractivity contribution is 9.10. The number of rotatable bonds is 4. The van der Waals surface area contributed by atoms with Crippen LogP contribution < -0.4 is 5.32 Å². The molecular formula is C13H11BrFN3O2. The molecule has 0 saturated heterocycles. The number of hydrogen-bond acceptors (Lipinski definition) is 4. The molecule has 0 radical (unpaired) electrons. The summed E-state index contributed by atoms with van der Waals surface area (Å²) in [6.07, 6.45) is 2.66. The fraction of sp³-hybridized carbons (Fsp3) is 0.154. The van der Waals surface area contributed by atoms with Gasteiger partial charge in [0.2, 0.25) is 0 Å². The quantitative estimate of drug-likeness (QED) is 0.673. The third-order valence-electron chi connectivity index (χ3n) is 2.81. The number of nitro groups is 1. The predicted octanol–water partition coefficient (Wildman–Crippen LogP) is 4.06. The van der Waals surface area contributed by atoms with Crippen molar-refractivity contribution in [1.29, 1.82) is 0 Å². The third kappa shape index (κ3) is 3.11. The van der Waals surface area contributed by atoms with Gasteiger partial charge in [-0.15, -0.1) is 0 Å². The minimum Gasteiger partial charge on any atom is -0.372 e. The molecule has 2 rings (SSSR count). The van der Waals surface area contributed by atoms with Gasteiger partial charge in [-0.3, -0.25) is 15.1 Å². The molecule has 0 saturated carbocycles. The largest absolute Gasteiger partial charge is 0.372 e. The van der Waals surface area contributed by atoms with Gasteiger partial charge >= 0.3 is 5.69 Å². The summed E-state index contributed by atoms with van der Waals surface area (Å²) in [6.45, 7) is 1.84. The first-order valence-corrected chi connectivity index (χ1v) is 6.58. The molecule has 5 nitrogen and oxygen atoms in total. The average Bonchev–Trinajstić information content (AvgIpc) is 2.41. The second-order valence-electron chi connectivity index (χ2n) is 4.19. The van der Waals surface area contributed by atoms with Crippen molar-refractivity contribution in [3.05, 3.63) is 62.6 Å². The van der Waals surface area contributed by atoms with Crippen LogP contribution in [0.3, 0.4) is 0 Å². The summed E-state index contributed by atoms with van der Waals surface area (Å²) in [5.74, 6) is -0.322. The lowest BCUT2D eigenvalue weighted by Crippen LogP contribution is -2.09. The van der Waals surface area contributed by atoms with Crippen molar-refractivity contribution < 1.29 is 9.31 Å². The van der Waals surface area contributed by atoms with Crippen LogP contribution >= 0.6 is 15.9 Å². The van der Waals surface area contributed by atoms with E-state index in [0.29, 0.717) is 10.2 Å². The van der Waals surface area contributed by atoms with Gasteiger partial charge in [0.25, 0.3) is 0 Å². The zero-order valence-corrected chi connectivity index (χ0v) is 12.1. The van der Waals surface area contributed by atoms with Crippen molar-refractivity contribution in [2.75, 3.05) is 5.32 Å². The van der Waals surface area contributed by atoms with E-state index < -0.39 is 4.92 Å². The molecule has 20 heavy (non-hydrogen) atoms. The van der Waals surface area contributed by atoms with E-state index in [4.69, 9.17) is 0 Å². The summed E-state index contributed by atoms with van der Waals surface area (Å²) >= 11 is 3.24. The van der Waals surface area contributed by atoms with E-state index in [1.807, 2.05) is 6.92 Å². The Kier molecular flexibility index (Phi) is 4.29. The monoisotopic (exact) mass is 339 g/mol. The van der Waals surface area contributed by atoms with E-state index in [2.05, 4.69) is 26.2 Å².